The quantitative estimate of drug-likeness (QED) is 0.348. The van der Waals surface area contributed by atoms with E-state index < -0.39 is 11.8 Å². The van der Waals surface area contributed by atoms with Crippen LogP contribution in [0.4, 0.5) is 14.9 Å². The molecule has 0 unspecified atom stereocenters. The van der Waals surface area contributed by atoms with Crippen molar-refractivity contribution in [1.82, 2.24) is 15.1 Å². The molecule has 4 rings (SSSR count). The zero-order chi connectivity index (χ0) is 28.0. The Morgan fingerprint density at radius 3 is 2.38 bits per heavy atom. The number of amides is 3. The SMILES string of the molecule is CC(C)(C)CC(=O)c1cccc(CN2CCN(C(=O)c3ccc(NC(=O)NCc4cccs4)c(F)c3)CC2)c1. The van der Waals surface area contributed by atoms with E-state index in [0.717, 1.165) is 16.0 Å². The molecule has 3 aromatic rings. The van der Waals surface area contributed by atoms with Gasteiger partial charge in [0, 0.05) is 55.1 Å². The molecular weight excluding hydrogens is 515 g/mol. The summed E-state index contributed by atoms with van der Waals surface area (Å²) >= 11 is 1.52. The standard InChI is InChI=1S/C30H35FN4O3S/c1-30(2,3)18-27(36)22-7-4-6-21(16-22)20-34-11-13-35(14-12-34)28(37)23-9-10-26(25(31)17-23)33-29(38)32-19-24-8-5-15-39-24/h4-10,15-17H,11-14,18-20H2,1-3H3,(H2,32,33,38). The normalized spacial score (nSPS) is 14.2. The first-order chi connectivity index (χ1) is 18.6. The van der Waals surface area contributed by atoms with E-state index >= 15 is 0 Å². The molecule has 39 heavy (non-hydrogen) atoms. The molecule has 0 bridgehead atoms. The van der Waals surface area contributed by atoms with Crippen LogP contribution < -0.4 is 10.6 Å². The van der Waals surface area contributed by atoms with Gasteiger partial charge < -0.3 is 15.5 Å². The third-order valence-electron chi connectivity index (χ3n) is 6.47. The molecule has 0 saturated carbocycles. The molecule has 0 radical (unpaired) electrons. The van der Waals surface area contributed by atoms with E-state index in [9.17, 15) is 18.8 Å². The van der Waals surface area contributed by atoms with Crippen LogP contribution in [0.5, 0.6) is 0 Å². The number of hydrogen-bond acceptors (Lipinski definition) is 5. The minimum absolute atomic E-state index is 0.0169. The molecule has 2 heterocycles. The number of urea groups is 1. The largest absolute Gasteiger partial charge is 0.336 e. The highest BCUT2D eigenvalue weighted by molar-refractivity contribution is 7.09. The van der Waals surface area contributed by atoms with Crippen LogP contribution in [0.2, 0.25) is 0 Å². The number of benzene rings is 2. The van der Waals surface area contributed by atoms with Crippen molar-refractivity contribution in [3.8, 4) is 0 Å². The van der Waals surface area contributed by atoms with Gasteiger partial charge in [-0.3, -0.25) is 14.5 Å². The van der Waals surface area contributed by atoms with Crippen LogP contribution in [-0.2, 0) is 13.1 Å². The first-order valence-corrected chi connectivity index (χ1v) is 14.0. The average Bonchev–Trinajstić information content (AvgIpc) is 3.42. The predicted octanol–water partition coefficient (Wildman–Crippen LogP) is 5.79. The van der Waals surface area contributed by atoms with Crippen molar-refractivity contribution >= 4 is 34.7 Å². The van der Waals surface area contributed by atoms with E-state index in [1.54, 1.807) is 4.90 Å². The summed E-state index contributed by atoms with van der Waals surface area (Å²) in [6.07, 6.45) is 0.498. The van der Waals surface area contributed by atoms with Crippen molar-refractivity contribution in [2.24, 2.45) is 5.41 Å². The number of carbonyl (C=O) groups is 3. The first kappa shape index (κ1) is 28.4. The van der Waals surface area contributed by atoms with Gasteiger partial charge in [-0.15, -0.1) is 11.3 Å². The number of anilines is 1. The van der Waals surface area contributed by atoms with Crippen molar-refractivity contribution in [2.45, 2.75) is 40.3 Å². The van der Waals surface area contributed by atoms with Crippen LogP contribution in [0.1, 0.15) is 58.3 Å². The lowest BCUT2D eigenvalue weighted by Gasteiger charge is -2.35. The van der Waals surface area contributed by atoms with Crippen LogP contribution in [-0.4, -0.2) is 53.7 Å². The molecule has 206 valence electrons. The molecule has 1 aliphatic heterocycles. The van der Waals surface area contributed by atoms with E-state index in [4.69, 9.17) is 0 Å². The highest BCUT2D eigenvalue weighted by Gasteiger charge is 2.24. The van der Waals surface area contributed by atoms with Gasteiger partial charge in [0.05, 0.1) is 12.2 Å². The smallest absolute Gasteiger partial charge is 0.319 e. The second kappa shape index (κ2) is 12.5. The summed E-state index contributed by atoms with van der Waals surface area (Å²) in [6, 6.07) is 15.2. The summed E-state index contributed by atoms with van der Waals surface area (Å²) in [4.78, 5) is 42.7. The highest BCUT2D eigenvalue weighted by Crippen LogP contribution is 2.23. The second-order valence-electron chi connectivity index (χ2n) is 11.0. The summed E-state index contributed by atoms with van der Waals surface area (Å²) in [5.74, 6) is -0.754. The monoisotopic (exact) mass is 550 g/mol. The maximum atomic E-state index is 14.7. The van der Waals surface area contributed by atoms with Crippen molar-refractivity contribution in [1.29, 1.82) is 0 Å². The summed E-state index contributed by atoms with van der Waals surface area (Å²) in [7, 11) is 0. The number of carbonyl (C=O) groups excluding carboxylic acids is 3. The summed E-state index contributed by atoms with van der Waals surface area (Å²) in [6.45, 7) is 9.63. The Kier molecular flexibility index (Phi) is 9.14. The minimum atomic E-state index is -0.661. The molecule has 3 amide bonds. The second-order valence-corrected chi connectivity index (χ2v) is 12.0. The number of nitrogens with zero attached hydrogens (tertiary/aromatic N) is 2. The van der Waals surface area contributed by atoms with E-state index in [1.165, 1.54) is 29.5 Å². The van der Waals surface area contributed by atoms with Gasteiger partial charge in [-0.2, -0.15) is 0 Å². The lowest BCUT2D eigenvalue weighted by atomic mass is 9.87. The Morgan fingerprint density at radius 2 is 1.72 bits per heavy atom. The molecule has 9 heteroatoms. The minimum Gasteiger partial charge on any atom is -0.336 e. The fourth-order valence-corrected chi connectivity index (χ4v) is 5.12. The predicted molar refractivity (Wildman–Crippen MR) is 153 cm³/mol. The number of Topliss-reactive ketones (excluding diaryl/α,β-unsaturated/α-hetero) is 1. The average molecular weight is 551 g/mol. The topological polar surface area (TPSA) is 81.8 Å². The summed E-state index contributed by atoms with van der Waals surface area (Å²) in [5.41, 5.74) is 2.00. The van der Waals surface area contributed by atoms with E-state index in [2.05, 4.69) is 36.3 Å². The molecule has 0 atom stereocenters. The number of ketones is 1. The third-order valence-corrected chi connectivity index (χ3v) is 7.35. The maximum Gasteiger partial charge on any atom is 0.319 e. The van der Waals surface area contributed by atoms with Crippen LogP contribution in [0.15, 0.2) is 60.0 Å². The Bertz CT molecular complexity index is 1310. The first-order valence-electron chi connectivity index (χ1n) is 13.1. The summed E-state index contributed by atoms with van der Waals surface area (Å²) < 4.78 is 14.7. The van der Waals surface area contributed by atoms with Gasteiger partial charge in [-0.25, -0.2) is 9.18 Å². The molecule has 2 aromatic carbocycles. The molecule has 1 saturated heterocycles. The third kappa shape index (κ3) is 8.21. The Hall–Kier alpha value is -3.56. The van der Waals surface area contributed by atoms with Crippen LogP contribution >= 0.6 is 11.3 Å². The number of rotatable bonds is 8. The van der Waals surface area contributed by atoms with Gasteiger partial charge in [0.25, 0.3) is 5.91 Å². The van der Waals surface area contributed by atoms with E-state index in [1.807, 2.05) is 41.8 Å². The molecular formula is C30H35FN4O3S. The maximum absolute atomic E-state index is 14.7. The Labute approximate surface area is 233 Å². The van der Waals surface area contributed by atoms with Gasteiger partial charge in [-0.05, 0) is 46.7 Å². The highest BCUT2D eigenvalue weighted by atomic mass is 32.1. The number of nitrogens with one attached hydrogen (secondary N) is 2. The number of thiophene rings is 1. The number of hydrogen-bond donors (Lipinski definition) is 2. The van der Waals surface area contributed by atoms with Crippen molar-refractivity contribution < 1.29 is 18.8 Å². The van der Waals surface area contributed by atoms with Gasteiger partial charge in [0.1, 0.15) is 5.82 Å². The molecule has 0 aliphatic carbocycles. The van der Waals surface area contributed by atoms with Crippen LogP contribution in [0, 0.1) is 11.2 Å². The van der Waals surface area contributed by atoms with Gasteiger partial charge in [0.15, 0.2) is 5.78 Å². The Morgan fingerprint density at radius 1 is 0.949 bits per heavy atom. The fourth-order valence-electron chi connectivity index (χ4n) is 4.47. The van der Waals surface area contributed by atoms with Gasteiger partial charge in [0.2, 0.25) is 0 Å². The fraction of sp³-hybridized carbons (Fsp3) is 0.367. The number of halogens is 1. The Balaban J connectivity index is 1.27. The van der Waals surface area contributed by atoms with Gasteiger partial charge >= 0.3 is 6.03 Å². The lowest BCUT2D eigenvalue weighted by molar-refractivity contribution is 0.0627. The molecule has 1 aliphatic rings. The van der Waals surface area contributed by atoms with Gasteiger partial charge in [-0.1, -0.05) is 45.0 Å². The van der Waals surface area contributed by atoms with E-state index in [-0.39, 0.29) is 28.4 Å². The molecule has 2 N–H and O–H groups in total. The van der Waals surface area contributed by atoms with Crippen molar-refractivity contribution in [2.75, 3.05) is 31.5 Å². The zero-order valence-corrected chi connectivity index (χ0v) is 23.4. The van der Waals surface area contributed by atoms with Crippen LogP contribution in [0.25, 0.3) is 0 Å². The summed E-state index contributed by atoms with van der Waals surface area (Å²) in [5, 5.41) is 7.10. The van der Waals surface area contributed by atoms with Crippen molar-refractivity contribution in [3.05, 3.63) is 87.4 Å². The van der Waals surface area contributed by atoms with Crippen LogP contribution in [0.3, 0.4) is 0 Å². The zero-order valence-electron chi connectivity index (χ0n) is 22.6. The molecule has 1 aromatic heterocycles. The molecule has 0 spiro atoms. The molecule has 7 nitrogen and oxygen atoms in total. The lowest BCUT2D eigenvalue weighted by Crippen LogP contribution is -2.48. The molecule has 1 fully saturated rings. The van der Waals surface area contributed by atoms with E-state index in [0.29, 0.717) is 45.7 Å². The number of piperazine rings is 1. The van der Waals surface area contributed by atoms with Crippen molar-refractivity contribution in [3.63, 3.8) is 0 Å².